The lowest BCUT2D eigenvalue weighted by Gasteiger charge is -2.35. The molecule has 302 valence electrons. The average Bonchev–Trinajstić information content (AvgIpc) is 4.03. The van der Waals surface area contributed by atoms with Gasteiger partial charge in [-0.25, -0.2) is 27.2 Å². The number of ether oxygens (including phenoxy) is 2. The lowest BCUT2D eigenvalue weighted by molar-refractivity contribution is -0.141. The van der Waals surface area contributed by atoms with E-state index in [-0.39, 0.29) is 30.8 Å². The van der Waals surface area contributed by atoms with Gasteiger partial charge in [-0.2, -0.15) is 0 Å². The third kappa shape index (κ3) is 8.27. The van der Waals surface area contributed by atoms with E-state index < -0.39 is 79.7 Å². The first-order valence-corrected chi connectivity index (χ1v) is 21.0. The van der Waals surface area contributed by atoms with Crippen molar-refractivity contribution in [1.29, 1.82) is 0 Å². The van der Waals surface area contributed by atoms with Gasteiger partial charge in [-0.15, -0.1) is 17.9 Å². The van der Waals surface area contributed by atoms with Crippen LogP contribution in [0.25, 0.3) is 22.0 Å². The Morgan fingerprint density at radius 1 is 1.12 bits per heavy atom. The normalized spacial score (nSPS) is 22.4. The fourth-order valence-corrected chi connectivity index (χ4v) is 9.37. The van der Waals surface area contributed by atoms with E-state index in [1.807, 2.05) is 20.8 Å². The Morgan fingerprint density at radius 2 is 1.84 bits per heavy atom. The molecule has 2 aliphatic carbocycles. The van der Waals surface area contributed by atoms with Gasteiger partial charge < -0.3 is 25.0 Å². The Labute approximate surface area is 337 Å². The van der Waals surface area contributed by atoms with Crippen molar-refractivity contribution in [3.8, 4) is 22.9 Å². The molecule has 0 bridgehead atoms. The summed E-state index contributed by atoms with van der Waals surface area (Å²) >= 11 is 7.49. The van der Waals surface area contributed by atoms with E-state index in [1.54, 1.807) is 23.6 Å². The van der Waals surface area contributed by atoms with Gasteiger partial charge >= 0.3 is 0 Å². The molecule has 0 unspecified atom stereocenters. The maximum atomic E-state index is 14.8. The topological polar surface area (TPSA) is 169 Å². The van der Waals surface area contributed by atoms with Crippen molar-refractivity contribution in [1.82, 2.24) is 24.9 Å². The second kappa shape index (κ2) is 15.1. The molecule has 3 fully saturated rings. The second-order valence-electron chi connectivity index (χ2n) is 15.6. The van der Waals surface area contributed by atoms with Crippen LogP contribution in [0.3, 0.4) is 0 Å². The van der Waals surface area contributed by atoms with Gasteiger partial charge in [0.05, 0.1) is 30.8 Å². The molecule has 1 aliphatic heterocycles. The fraction of sp³-hybridized carbons (Fsp3) is 0.410. The highest BCUT2D eigenvalue weighted by Crippen LogP contribution is 2.46. The number of rotatable bonds is 13. The summed E-state index contributed by atoms with van der Waals surface area (Å²) in [5.41, 5.74) is -1.86. The molecule has 2 saturated carbocycles. The van der Waals surface area contributed by atoms with Crippen molar-refractivity contribution in [2.75, 3.05) is 19.0 Å². The number of thiazole rings is 1. The van der Waals surface area contributed by atoms with Crippen LogP contribution in [0, 0.1) is 23.0 Å². The molecule has 13 nitrogen and oxygen atoms in total. The number of aromatic nitrogens is 2. The number of likely N-dealkylation sites (tertiary alicyclic amines) is 1. The Balaban J connectivity index is 1.19. The number of halogens is 3. The summed E-state index contributed by atoms with van der Waals surface area (Å²) in [6.07, 6.45) is 3.17. The summed E-state index contributed by atoms with van der Waals surface area (Å²) in [4.78, 5) is 53.1. The van der Waals surface area contributed by atoms with Gasteiger partial charge in [0.25, 0.3) is 5.91 Å². The second-order valence-corrected chi connectivity index (χ2v) is 18.9. The van der Waals surface area contributed by atoms with E-state index in [4.69, 9.17) is 21.1 Å². The van der Waals surface area contributed by atoms with Crippen LogP contribution in [-0.2, 0) is 24.4 Å². The summed E-state index contributed by atoms with van der Waals surface area (Å²) in [5, 5.41) is 8.85. The van der Waals surface area contributed by atoms with Gasteiger partial charge in [0.1, 0.15) is 41.1 Å². The van der Waals surface area contributed by atoms with Gasteiger partial charge in [-0.3, -0.25) is 19.1 Å². The van der Waals surface area contributed by atoms with Crippen molar-refractivity contribution >= 4 is 66.6 Å². The van der Waals surface area contributed by atoms with Crippen LogP contribution in [0.15, 0.2) is 60.6 Å². The molecule has 0 spiro atoms. The number of pyridine rings is 1. The predicted molar refractivity (Wildman–Crippen MR) is 211 cm³/mol. The minimum Gasteiger partial charge on any atom is -0.494 e. The highest BCUT2D eigenvalue weighted by molar-refractivity contribution is 7.91. The first-order chi connectivity index (χ1) is 26.9. The first kappa shape index (κ1) is 40.3. The van der Waals surface area contributed by atoms with Crippen LogP contribution in [0.2, 0.25) is 5.02 Å². The van der Waals surface area contributed by atoms with Crippen LogP contribution in [0.5, 0.6) is 11.6 Å². The number of methoxy groups -OCH3 is 1. The summed E-state index contributed by atoms with van der Waals surface area (Å²) < 4.78 is 67.6. The van der Waals surface area contributed by atoms with Crippen molar-refractivity contribution in [2.24, 2.45) is 11.3 Å². The summed E-state index contributed by atoms with van der Waals surface area (Å²) in [5.74, 6) is -3.46. The summed E-state index contributed by atoms with van der Waals surface area (Å²) in [6.45, 7) is 9.18. The monoisotopic (exact) mass is 842 g/mol. The molecule has 4 aromatic rings. The lowest BCUT2D eigenvalue weighted by Crippen LogP contribution is -2.58. The van der Waals surface area contributed by atoms with E-state index in [9.17, 15) is 31.6 Å². The van der Waals surface area contributed by atoms with Gasteiger partial charge in [0.2, 0.25) is 27.7 Å². The van der Waals surface area contributed by atoms with Crippen LogP contribution in [0.1, 0.15) is 46.5 Å². The third-order valence-corrected chi connectivity index (χ3v) is 13.2. The first-order valence-electron chi connectivity index (χ1n) is 18.2. The number of nitrogens with one attached hydrogen (secondary N) is 3. The zero-order valence-corrected chi connectivity index (χ0v) is 33.9. The zero-order chi connectivity index (χ0) is 41.0. The SMILES string of the molecule is C=C[C@@H]1C[C@]1(NC(=O)[C@@H]1C[C@@H](Oc2ncc(OC)c3ccc(Cl)cc23)CN1C(=O)[C@@H](Nc1nc(-c2cc(F)cc(F)c2)cs1)C(C)(C)C)C(=O)NS(=O)(=O)C1CC1. The van der Waals surface area contributed by atoms with E-state index in [0.717, 1.165) is 29.5 Å². The number of anilines is 1. The fourth-order valence-electron chi connectivity index (χ4n) is 7.09. The molecular weight excluding hydrogens is 802 g/mol. The largest absolute Gasteiger partial charge is 0.494 e. The van der Waals surface area contributed by atoms with Crippen LogP contribution >= 0.6 is 22.9 Å². The smallest absolute Gasteiger partial charge is 0.259 e. The van der Waals surface area contributed by atoms with E-state index in [1.165, 1.54) is 24.3 Å². The van der Waals surface area contributed by atoms with Crippen molar-refractivity contribution < 1.29 is 41.1 Å². The minimum atomic E-state index is -3.93. The number of hydrogen-bond acceptors (Lipinski definition) is 11. The van der Waals surface area contributed by atoms with E-state index in [0.29, 0.717) is 45.2 Å². The standard InChI is InChI=1S/C39H41ClF2N6O7S2/c1-6-21-16-39(21,36(51)47-57(52,53)26-8-9-26)46-33(49)30-15-25(55-34-28-13-22(40)7-10-27(28)31(54-5)17-43-34)18-48(30)35(50)32(38(2,3)4)45-37-44-29(19-56-37)20-11-23(41)14-24(42)12-20/h6-7,10-14,17,19,21,25-26,30,32H,1,8-9,15-16,18H2,2-5H3,(H,44,45)(H,46,49)(H,47,51)/t21-,25-,30+,32-,39-/m1/s1. The van der Waals surface area contributed by atoms with Gasteiger partial charge in [-0.05, 0) is 55.0 Å². The molecule has 3 heterocycles. The lowest BCUT2D eigenvalue weighted by atomic mass is 9.85. The Morgan fingerprint density at radius 3 is 2.47 bits per heavy atom. The van der Waals surface area contributed by atoms with Crippen LogP contribution in [0.4, 0.5) is 13.9 Å². The molecule has 3 aliphatic rings. The number of benzene rings is 2. The number of nitrogens with zero attached hydrogens (tertiary/aromatic N) is 3. The number of carbonyl (C=O) groups is 3. The molecular formula is C39H41ClF2N6O7S2. The van der Waals surface area contributed by atoms with Crippen LogP contribution in [-0.4, -0.2) is 83.6 Å². The molecule has 3 amide bonds. The number of fused-ring (bicyclic) bond motifs is 1. The molecule has 2 aromatic carbocycles. The predicted octanol–water partition coefficient (Wildman–Crippen LogP) is 5.84. The number of hydrogen-bond donors (Lipinski definition) is 3. The third-order valence-electron chi connectivity index (χ3n) is 10.4. The van der Waals surface area contributed by atoms with Gasteiger partial charge in [-0.1, -0.05) is 38.4 Å². The molecule has 7 rings (SSSR count). The summed E-state index contributed by atoms with van der Waals surface area (Å²) in [7, 11) is -2.42. The Bertz CT molecular complexity index is 2370. The highest BCUT2D eigenvalue weighted by atomic mass is 35.5. The summed E-state index contributed by atoms with van der Waals surface area (Å²) in [6, 6.07) is 6.03. The average molecular weight is 843 g/mol. The quantitative estimate of drug-likeness (QED) is 0.139. The number of amides is 3. The number of sulfonamides is 1. The Kier molecular flexibility index (Phi) is 10.7. The zero-order valence-electron chi connectivity index (χ0n) is 31.5. The molecule has 0 radical (unpaired) electrons. The van der Waals surface area contributed by atoms with Crippen molar-refractivity contribution in [2.45, 2.75) is 75.4 Å². The van der Waals surface area contributed by atoms with E-state index in [2.05, 4.69) is 31.9 Å². The molecule has 57 heavy (non-hydrogen) atoms. The highest BCUT2D eigenvalue weighted by Gasteiger charge is 2.62. The molecule has 2 aromatic heterocycles. The molecule has 18 heteroatoms. The van der Waals surface area contributed by atoms with Gasteiger partial charge in [0.15, 0.2) is 5.13 Å². The Hall–Kier alpha value is -4.87. The molecule has 1 saturated heterocycles. The van der Waals surface area contributed by atoms with Crippen LogP contribution < -0.4 is 24.8 Å². The molecule has 3 N–H and O–H groups in total. The molecule has 5 atom stereocenters. The minimum absolute atomic E-state index is 0.0203. The maximum absolute atomic E-state index is 14.8. The van der Waals surface area contributed by atoms with E-state index >= 15 is 0 Å². The maximum Gasteiger partial charge on any atom is 0.259 e. The number of carbonyl (C=O) groups excluding carboxylic acids is 3. The van der Waals surface area contributed by atoms with Crippen molar-refractivity contribution in [3.05, 3.63) is 77.3 Å². The van der Waals surface area contributed by atoms with Gasteiger partial charge in [0, 0.05) is 45.1 Å². The van der Waals surface area contributed by atoms with Crippen molar-refractivity contribution in [3.63, 3.8) is 0 Å².